The van der Waals surface area contributed by atoms with E-state index < -0.39 is 17.7 Å². The third-order valence-corrected chi connectivity index (χ3v) is 8.96. The Labute approximate surface area is 237 Å². The molecule has 2 atom stereocenters. The molecule has 0 spiro atoms. The molecule has 8 nitrogen and oxygen atoms in total. The zero-order valence-electron chi connectivity index (χ0n) is 23.2. The first-order valence-corrected chi connectivity index (χ1v) is 14.4. The number of aromatic nitrogens is 3. The zero-order chi connectivity index (χ0) is 28.4. The number of hydrogen-bond donors (Lipinski definition) is 1. The molecule has 0 radical (unpaired) electrons. The van der Waals surface area contributed by atoms with Gasteiger partial charge in [0.2, 0.25) is 0 Å². The summed E-state index contributed by atoms with van der Waals surface area (Å²) in [5.74, 6) is -1.47. The molecule has 0 bridgehead atoms. The maximum Gasteiger partial charge on any atom is 0.308 e. The molecule has 1 saturated heterocycles. The molecule has 1 saturated carbocycles. The van der Waals surface area contributed by atoms with Crippen LogP contribution in [-0.2, 0) is 11.2 Å². The lowest BCUT2D eigenvalue weighted by Crippen LogP contribution is -2.39. The van der Waals surface area contributed by atoms with Crippen molar-refractivity contribution in [3.05, 3.63) is 82.4 Å². The maximum absolute atomic E-state index is 15.6. The number of anilines is 1. The van der Waals surface area contributed by atoms with Crippen molar-refractivity contribution >= 4 is 23.2 Å². The number of amides is 1. The molecule has 4 heterocycles. The number of carbonyl (C=O) groups is 2. The van der Waals surface area contributed by atoms with Crippen molar-refractivity contribution in [2.45, 2.75) is 51.5 Å². The predicted molar refractivity (Wildman–Crippen MR) is 153 cm³/mol. The van der Waals surface area contributed by atoms with Gasteiger partial charge in [-0.2, -0.15) is 5.10 Å². The maximum atomic E-state index is 15.6. The van der Waals surface area contributed by atoms with Gasteiger partial charge in [-0.05, 0) is 74.4 Å². The number of carbonyl (C=O) groups excluding carboxylic acids is 1. The zero-order valence-corrected chi connectivity index (χ0v) is 23.2. The van der Waals surface area contributed by atoms with Crippen LogP contribution in [0.1, 0.15) is 71.0 Å². The van der Waals surface area contributed by atoms with Crippen LogP contribution in [0.3, 0.4) is 0 Å². The van der Waals surface area contributed by atoms with Gasteiger partial charge in [-0.15, -0.1) is 0 Å². The largest absolute Gasteiger partial charge is 0.481 e. The van der Waals surface area contributed by atoms with E-state index in [0.29, 0.717) is 65.8 Å². The summed E-state index contributed by atoms with van der Waals surface area (Å²) < 4.78 is 17.4. The van der Waals surface area contributed by atoms with Gasteiger partial charge in [0.05, 0.1) is 17.7 Å². The molecule has 2 fully saturated rings. The summed E-state index contributed by atoms with van der Waals surface area (Å²) in [6, 6.07) is 15.2. The first-order valence-electron chi connectivity index (χ1n) is 14.4. The summed E-state index contributed by atoms with van der Waals surface area (Å²) in [5, 5.41) is 14.1. The number of fused-ring (bicyclic) bond motifs is 2. The van der Waals surface area contributed by atoms with Crippen LogP contribution in [0.5, 0.6) is 0 Å². The average molecular weight is 554 g/mol. The number of nitrogens with zero attached hydrogens (tertiary/aromatic N) is 5. The number of halogens is 1. The molecule has 1 aliphatic carbocycles. The van der Waals surface area contributed by atoms with Gasteiger partial charge in [0.1, 0.15) is 11.5 Å². The van der Waals surface area contributed by atoms with Crippen molar-refractivity contribution < 1.29 is 19.1 Å². The highest BCUT2D eigenvalue weighted by atomic mass is 19.1. The van der Waals surface area contributed by atoms with E-state index in [0.717, 1.165) is 25.0 Å². The Morgan fingerprint density at radius 1 is 1.05 bits per heavy atom. The molecular formula is C32H32FN5O3. The van der Waals surface area contributed by atoms with Gasteiger partial charge in [-0.25, -0.2) is 13.9 Å². The van der Waals surface area contributed by atoms with Crippen molar-refractivity contribution in [1.29, 1.82) is 0 Å². The fourth-order valence-electron chi connectivity index (χ4n) is 6.53. The summed E-state index contributed by atoms with van der Waals surface area (Å²) in [6.45, 7) is 5.49. The molecule has 41 heavy (non-hydrogen) atoms. The van der Waals surface area contributed by atoms with Crippen LogP contribution in [0.15, 0.2) is 48.5 Å². The predicted octanol–water partition coefficient (Wildman–Crippen LogP) is 5.39. The van der Waals surface area contributed by atoms with E-state index in [1.54, 1.807) is 10.6 Å². The first kappa shape index (κ1) is 25.7. The van der Waals surface area contributed by atoms with E-state index in [1.165, 1.54) is 17.2 Å². The molecule has 4 aromatic rings. The Balaban J connectivity index is 1.23. The molecule has 7 rings (SSSR count). The second-order valence-electron chi connectivity index (χ2n) is 11.7. The lowest BCUT2D eigenvalue weighted by atomic mass is 9.93. The monoisotopic (exact) mass is 553 g/mol. The molecule has 1 N–H and O–H groups in total. The Morgan fingerprint density at radius 3 is 2.59 bits per heavy atom. The minimum atomic E-state index is -0.817. The summed E-state index contributed by atoms with van der Waals surface area (Å²) >= 11 is 0. The standard InChI is InChI=1S/C32H32FN5O3/c1-18-13-23(36-11-9-22(17-36)32(40)41)14-25(33)30(18)26-16-29-34-27(15-28(21-7-8-21)38(29)35-26)31(39)37-12-10-20-5-3-4-6-24(20)19(37)2/h3-6,13-16,19,21-22H,7-12,17H2,1-2H3,(H,40,41)/t19-,22?/m1/s1. The first-order chi connectivity index (χ1) is 19.8. The fourth-order valence-corrected chi connectivity index (χ4v) is 6.53. The number of aryl methyl sites for hydroxylation is 1. The molecule has 2 aromatic carbocycles. The lowest BCUT2D eigenvalue weighted by molar-refractivity contribution is -0.140. The molecule has 2 aromatic heterocycles. The number of benzene rings is 2. The Bertz CT molecular complexity index is 1690. The normalized spacial score (nSPS) is 20.5. The summed E-state index contributed by atoms with van der Waals surface area (Å²) in [7, 11) is 0. The number of aliphatic carboxylic acids is 1. The quantitative estimate of drug-likeness (QED) is 0.356. The Morgan fingerprint density at radius 2 is 1.85 bits per heavy atom. The van der Waals surface area contributed by atoms with Crippen LogP contribution in [0, 0.1) is 18.7 Å². The second-order valence-corrected chi connectivity index (χ2v) is 11.7. The Kier molecular flexibility index (Phi) is 6.06. The lowest BCUT2D eigenvalue weighted by Gasteiger charge is -2.35. The van der Waals surface area contributed by atoms with Crippen LogP contribution in [-0.4, -0.2) is 56.1 Å². The van der Waals surface area contributed by atoms with Crippen LogP contribution in [0.4, 0.5) is 10.1 Å². The highest BCUT2D eigenvalue weighted by molar-refractivity contribution is 5.93. The van der Waals surface area contributed by atoms with Gasteiger partial charge >= 0.3 is 5.97 Å². The van der Waals surface area contributed by atoms with Gasteiger partial charge in [0, 0.05) is 48.6 Å². The van der Waals surface area contributed by atoms with Crippen LogP contribution < -0.4 is 4.90 Å². The van der Waals surface area contributed by atoms with E-state index in [4.69, 9.17) is 10.1 Å². The van der Waals surface area contributed by atoms with Crippen LogP contribution in [0.2, 0.25) is 0 Å². The fraction of sp³-hybridized carbons (Fsp3) is 0.375. The third kappa shape index (κ3) is 4.44. The SMILES string of the molecule is Cc1cc(N2CCC(C(=O)O)C2)cc(F)c1-c1cc2nc(C(=O)N3CCc4ccccc4[C@H]3C)cc(C3CC3)n2n1. The number of rotatable bonds is 5. The Hall–Kier alpha value is -4.27. The van der Waals surface area contributed by atoms with Crippen molar-refractivity contribution in [1.82, 2.24) is 19.5 Å². The highest BCUT2D eigenvalue weighted by Crippen LogP contribution is 2.41. The topological polar surface area (TPSA) is 91.0 Å². The van der Waals surface area contributed by atoms with Gasteiger partial charge in [0.15, 0.2) is 5.65 Å². The average Bonchev–Trinajstić information content (AvgIpc) is 3.51. The number of carboxylic acids is 1. The van der Waals surface area contributed by atoms with Crippen LogP contribution in [0.25, 0.3) is 16.9 Å². The molecular weight excluding hydrogens is 521 g/mol. The summed E-state index contributed by atoms with van der Waals surface area (Å²) in [4.78, 5) is 33.8. The van der Waals surface area contributed by atoms with Gasteiger partial charge in [-0.3, -0.25) is 9.59 Å². The van der Waals surface area contributed by atoms with Crippen molar-refractivity contribution in [2.75, 3.05) is 24.5 Å². The molecule has 3 aliphatic rings. The minimum Gasteiger partial charge on any atom is -0.481 e. The summed E-state index contributed by atoms with van der Waals surface area (Å²) in [5.41, 5.74) is 6.56. The van der Waals surface area contributed by atoms with Crippen molar-refractivity contribution in [3.63, 3.8) is 0 Å². The highest BCUT2D eigenvalue weighted by Gasteiger charge is 2.33. The van der Waals surface area contributed by atoms with Crippen molar-refractivity contribution in [3.8, 4) is 11.3 Å². The smallest absolute Gasteiger partial charge is 0.308 e. The number of carboxylic acid groups (broad SMARTS) is 1. The second kappa shape index (κ2) is 9.68. The van der Waals surface area contributed by atoms with E-state index in [-0.39, 0.29) is 11.9 Å². The molecule has 1 amide bonds. The molecule has 210 valence electrons. The van der Waals surface area contributed by atoms with Crippen LogP contribution >= 0.6 is 0 Å². The molecule has 2 aliphatic heterocycles. The van der Waals surface area contributed by atoms with E-state index >= 15 is 4.39 Å². The number of hydrogen-bond acceptors (Lipinski definition) is 5. The van der Waals surface area contributed by atoms with Gasteiger partial charge in [0.25, 0.3) is 5.91 Å². The van der Waals surface area contributed by atoms with Gasteiger partial charge < -0.3 is 14.9 Å². The van der Waals surface area contributed by atoms with E-state index in [2.05, 4.69) is 19.1 Å². The van der Waals surface area contributed by atoms with Gasteiger partial charge in [-0.1, -0.05) is 24.3 Å². The third-order valence-electron chi connectivity index (χ3n) is 8.96. The van der Waals surface area contributed by atoms with E-state index in [9.17, 15) is 14.7 Å². The van der Waals surface area contributed by atoms with Crippen molar-refractivity contribution in [2.24, 2.45) is 5.92 Å². The summed E-state index contributed by atoms with van der Waals surface area (Å²) in [6.07, 6.45) is 3.39. The molecule has 1 unspecified atom stereocenters. The minimum absolute atomic E-state index is 0.0491. The van der Waals surface area contributed by atoms with E-state index in [1.807, 2.05) is 41.0 Å². The molecule has 9 heteroatoms.